The van der Waals surface area contributed by atoms with Gasteiger partial charge in [-0.3, -0.25) is 9.89 Å². The third-order valence-corrected chi connectivity index (χ3v) is 7.45. The van der Waals surface area contributed by atoms with Gasteiger partial charge < -0.3 is 14.5 Å². The highest BCUT2D eigenvalue weighted by Crippen LogP contribution is 2.45. The van der Waals surface area contributed by atoms with Crippen LogP contribution in [0, 0.1) is 18.3 Å². The number of carbonyl (C=O) groups excluding carboxylic acids is 1. The number of ether oxygens (including phenoxy) is 1. The number of aromatic nitrogens is 4. The van der Waals surface area contributed by atoms with Gasteiger partial charge in [-0.15, -0.1) is 0 Å². The van der Waals surface area contributed by atoms with Crippen molar-refractivity contribution in [2.24, 2.45) is 0 Å². The highest BCUT2D eigenvalue weighted by molar-refractivity contribution is 6.04. The first-order chi connectivity index (χ1) is 18.1. The van der Waals surface area contributed by atoms with Crippen LogP contribution in [0.3, 0.4) is 0 Å². The summed E-state index contributed by atoms with van der Waals surface area (Å²) >= 11 is 0. The number of carbonyl (C=O) groups is 1. The van der Waals surface area contributed by atoms with Gasteiger partial charge in [0.1, 0.15) is 17.9 Å². The molecule has 0 radical (unpaired) electrons. The number of fused-ring (bicyclic) bond motifs is 4. The van der Waals surface area contributed by atoms with E-state index in [2.05, 4.69) is 57.9 Å². The lowest BCUT2D eigenvalue weighted by Crippen LogP contribution is -2.55. The molecule has 1 atom stereocenters. The van der Waals surface area contributed by atoms with Gasteiger partial charge in [0.25, 0.3) is 0 Å². The van der Waals surface area contributed by atoms with Crippen molar-refractivity contribution in [1.29, 1.82) is 5.26 Å². The maximum Gasteiger partial charge on any atom is 0.246 e. The summed E-state index contributed by atoms with van der Waals surface area (Å²) in [6, 6.07) is 8.30. The molecule has 9 nitrogen and oxygen atoms in total. The van der Waals surface area contributed by atoms with Crippen molar-refractivity contribution in [3.63, 3.8) is 0 Å². The van der Waals surface area contributed by atoms with E-state index in [0.29, 0.717) is 26.2 Å². The van der Waals surface area contributed by atoms with Crippen molar-refractivity contribution in [2.45, 2.75) is 32.2 Å². The normalized spacial score (nSPS) is 17.4. The Morgan fingerprint density at radius 2 is 2.24 bits per heavy atom. The molecule has 2 aliphatic heterocycles. The summed E-state index contributed by atoms with van der Waals surface area (Å²) < 4.78 is 6.35. The van der Waals surface area contributed by atoms with E-state index in [1.54, 1.807) is 11.2 Å². The lowest BCUT2D eigenvalue weighted by Gasteiger charge is -2.41. The molecular weight excluding hydrogens is 466 g/mol. The molecule has 0 aliphatic carbocycles. The van der Waals surface area contributed by atoms with Gasteiger partial charge >= 0.3 is 0 Å². The number of aryl methyl sites for hydroxylation is 1. The first-order valence-electron chi connectivity index (χ1n) is 12.5. The second-order valence-corrected chi connectivity index (χ2v) is 9.56. The van der Waals surface area contributed by atoms with Crippen LogP contribution < -0.4 is 9.64 Å². The summed E-state index contributed by atoms with van der Waals surface area (Å²) in [6.45, 7) is 7.96. The topological polar surface area (TPSA) is 111 Å². The van der Waals surface area contributed by atoms with E-state index in [1.165, 1.54) is 6.08 Å². The van der Waals surface area contributed by atoms with E-state index in [4.69, 9.17) is 9.72 Å². The molecule has 6 rings (SSSR count). The van der Waals surface area contributed by atoms with Crippen LogP contribution >= 0.6 is 0 Å². The molecule has 4 heterocycles. The zero-order valence-corrected chi connectivity index (χ0v) is 20.7. The quantitative estimate of drug-likeness (QED) is 0.429. The van der Waals surface area contributed by atoms with Crippen molar-refractivity contribution in [2.75, 3.05) is 31.1 Å². The monoisotopic (exact) mass is 493 g/mol. The van der Waals surface area contributed by atoms with E-state index in [1.807, 2.05) is 6.20 Å². The van der Waals surface area contributed by atoms with Gasteiger partial charge in [-0.1, -0.05) is 12.6 Å². The molecule has 186 valence electrons. The summed E-state index contributed by atoms with van der Waals surface area (Å²) in [5.41, 5.74) is 6.37. The number of hydrogen-bond acceptors (Lipinski definition) is 7. The van der Waals surface area contributed by atoms with Crippen molar-refractivity contribution in [3.05, 3.63) is 54.5 Å². The van der Waals surface area contributed by atoms with Crippen LogP contribution in [-0.4, -0.2) is 63.3 Å². The number of piperazine rings is 1. The molecule has 0 unspecified atom stereocenters. The minimum atomic E-state index is -0.244. The van der Waals surface area contributed by atoms with Crippen LogP contribution in [0.1, 0.15) is 24.0 Å². The molecule has 2 aliphatic rings. The number of amides is 1. The second-order valence-electron chi connectivity index (χ2n) is 9.56. The number of H-pyrrole nitrogens is 1. The predicted molar refractivity (Wildman–Crippen MR) is 141 cm³/mol. The molecule has 0 bridgehead atoms. The molecule has 0 saturated carbocycles. The fourth-order valence-corrected chi connectivity index (χ4v) is 5.73. The number of nitriles is 1. The van der Waals surface area contributed by atoms with Crippen LogP contribution in [0.2, 0.25) is 0 Å². The van der Waals surface area contributed by atoms with Gasteiger partial charge in [0.05, 0.1) is 47.8 Å². The number of nitrogens with one attached hydrogen (secondary N) is 1. The number of rotatable bonds is 4. The molecule has 1 saturated heterocycles. The van der Waals surface area contributed by atoms with Crippen LogP contribution in [-0.2, 0) is 11.2 Å². The SMILES string of the molecule is C=CC(=O)N1CCN(c2ncnc3cc(-c4c(C)ccc5[nH]ncc45)c4c(c23)OCCC4)C[C@@H]1CC#N. The van der Waals surface area contributed by atoms with E-state index < -0.39 is 0 Å². The highest BCUT2D eigenvalue weighted by atomic mass is 16.5. The fourth-order valence-electron chi connectivity index (χ4n) is 5.73. The fraction of sp³-hybridized carbons (Fsp3) is 0.321. The third kappa shape index (κ3) is 3.76. The molecule has 4 aromatic rings. The van der Waals surface area contributed by atoms with Gasteiger partial charge in [-0.05, 0) is 54.7 Å². The Morgan fingerprint density at radius 1 is 1.35 bits per heavy atom. The smallest absolute Gasteiger partial charge is 0.246 e. The number of benzene rings is 2. The Balaban J connectivity index is 1.51. The minimum Gasteiger partial charge on any atom is -0.492 e. The predicted octanol–water partition coefficient (Wildman–Crippen LogP) is 3.92. The Morgan fingerprint density at radius 3 is 3.08 bits per heavy atom. The molecule has 1 fully saturated rings. The van der Waals surface area contributed by atoms with Crippen LogP contribution in [0.25, 0.3) is 32.9 Å². The average molecular weight is 494 g/mol. The molecule has 2 aromatic carbocycles. The Kier molecular flexibility index (Phi) is 5.72. The van der Waals surface area contributed by atoms with Gasteiger partial charge in [0.2, 0.25) is 5.91 Å². The van der Waals surface area contributed by atoms with Crippen molar-refractivity contribution >= 4 is 33.5 Å². The summed E-state index contributed by atoms with van der Waals surface area (Å²) in [5.74, 6) is 1.46. The Bertz CT molecular complexity index is 1590. The Labute approximate surface area is 214 Å². The standard InChI is InChI=1S/C28H27N7O2/c1-3-24(36)35-11-10-34(15-18(35)8-9-29)28-26-23(30-16-31-28)13-20(19-5-4-12-37-27(19)26)25-17(2)6-7-22-21(25)14-32-33-22/h3,6-7,13-14,16,18H,1,4-5,8,10-12,15H2,2H3,(H,32,33)/t18-/m0/s1. The maximum atomic E-state index is 12.4. The Hall–Kier alpha value is -4.45. The minimum absolute atomic E-state index is 0.151. The zero-order chi connectivity index (χ0) is 25.5. The van der Waals surface area contributed by atoms with Crippen LogP contribution in [0.5, 0.6) is 5.75 Å². The first kappa shape index (κ1) is 23.0. The summed E-state index contributed by atoms with van der Waals surface area (Å²) in [5, 5.41) is 18.7. The summed E-state index contributed by atoms with van der Waals surface area (Å²) in [4.78, 5) is 25.6. The van der Waals surface area contributed by atoms with Crippen LogP contribution in [0.15, 0.2) is 43.4 Å². The van der Waals surface area contributed by atoms with Crippen molar-refractivity contribution in [1.82, 2.24) is 25.1 Å². The number of hydrogen-bond donors (Lipinski definition) is 1. The van der Waals surface area contributed by atoms with Gasteiger partial charge in [-0.25, -0.2) is 9.97 Å². The molecule has 2 aromatic heterocycles. The van der Waals surface area contributed by atoms with Crippen LogP contribution in [0.4, 0.5) is 5.82 Å². The van der Waals surface area contributed by atoms with Crippen molar-refractivity contribution < 1.29 is 9.53 Å². The summed E-state index contributed by atoms with van der Waals surface area (Å²) in [7, 11) is 0. The lowest BCUT2D eigenvalue weighted by atomic mass is 9.88. The second kappa shape index (κ2) is 9.21. The molecule has 9 heteroatoms. The largest absolute Gasteiger partial charge is 0.492 e. The number of aromatic amines is 1. The van der Waals surface area contributed by atoms with Gasteiger partial charge in [-0.2, -0.15) is 10.4 Å². The van der Waals surface area contributed by atoms with Crippen molar-refractivity contribution in [3.8, 4) is 22.9 Å². The lowest BCUT2D eigenvalue weighted by molar-refractivity contribution is -0.128. The number of nitrogens with zero attached hydrogens (tertiary/aromatic N) is 6. The van der Waals surface area contributed by atoms with Gasteiger partial charge in [0, 0.05) is 30.6 Å². The maximum absolute atomic E-state index is 12.4. The zero-order valence-electron chi connectivity index (χ0n) is 20.7. The molecule has 37 heavy (non-hydrogen) atoms. The molecule has 1 amide bonds. The summed E-state index contributed by atoms with van der Waals surface area (Å²) in [6.07, 6.45) is 6.84. The number of anilines is 1. The third-order valence-electron chi connectivity index (χ3n) is 7.45. The first-order valence-corrected chi connectivity index (χ1v) is 12.5. The highest BCUT2D eigenvalue weighted by Gasteiger charge is 2.32. The molecule has 1 N–H and O–H groups in total. The average Bonchev–Trinajstić information content (AvgIpc) is 3.41. The van der Waals surface area contributed by atoms with E-state index in [9.17, 15) is 10.1 Å². The molecule has 0 spiro atoms. The molecular formula is C28H27N7O2. The van der Waals surface area contributed by atoms with E-state index >= 15 is 0 Å². The van der Waals surface area contributed by atoms with Gasteiger partial charge in [0.15, 0.2) is 0 Å². The van der Waals surface area contributed by atoms with E-state index in [-0.39, 0.29) is 18.4 Å². The van der Waals surface area contributed by atoms with E-state index in [0.717, 1.165) is 68.5 Å².